The molecule has 2 aliphatic heterocycles. The van der Waals surface area contributed by atoms with Crippen molar-refractivity contribution in [1.29, 1.82) is 0 Å². The average Bonchev–Trinajstić information content (AvgIpc) is 3.21. The zero-order valence-corrected chi connectivity index (χ0v) is 17.1. The molecule has 0 aliphatic carbocycles. The Labute approximate surface area is 174 Å². The summed E-state index contributed by atoms with van der Waals surface area (Å²) in [5, 5.41) is 9.06. The number of carbonyl (C=O) groups excluding carboxylic acids is 1. The minimum Gasteiger partial charge on any atom is -0.492 e. The largest absolute Gasteiger partial charge is 0.492 e. The molecular weight excluding hydrogens is 388 g/mol. The van der Waals surface area contributed by atoms with Gasteiger partial charge in [-0.2, -0.15) is 5.10 Å². The van der Waals surface area contributed by atoms with Crippen molar-refractivity contribution in [1.82, 2.24) is 14.7 Å². The molecule has 5 rings (SSSR count). The predicted molar refractivity (Wildman–Crippen MR) is 114 cm³/mol. The molecule has 2 aliphatic rings. The summed E-state index contributed by atoms with van der Waals surface area (Å²) in [6.45, 7) is 3.19. The van der Waals surface area contributed by atoms with Crippen LogP contribution in [0.2, 0.25) is 5.02 Å². The van der Waals surface area contributed by atoms with Gasteiger partial charge in [-0.1, -0.05) is 11.6 Å². The monoisotopic (exact) mass is 410 g/mol. The first-order valence-electron chi connectivity index (χ1n) is 9.94. The third-order valence-electron chi connectivity index (χ3n) is 6.28. The average molecular weight is 411 g/mol. The highest BCUT2D eigenvalue weighted by Gasteiger charge is 2.48. The lowest BCUT2D eigenvalue weighted by Crippen LogP contribution is -2.47. The van der Waals surface area contributed by atoms with E-state index in [1.807, 2.05) is 54.3 Å². The summed E-state index contributed by atoms with van der Waals surface area (Å²) >= 11 is 6.20. The second-order valence-corrected chi connectivity index (χ2v) is 8.34. The molecule has 1 aromatic heterocycles. The maximum atomic E-state index is 12.7. The van der Waals surface area contributed by atoms with E-state index in [-0.39, 0.29) is 5.91 Å². The van der Waals surface area contributed by atoms with E-state index in [0.717, 1.165) is 60.4 Å². The molecule has 1 N–H and O–H groups in total. The standard InChI is InChI=1S/C22H23ClN4O2/c1-26-20-5-3-17(12-15(20)14-24-26)29-11-10-27-8-6-22(7-9-27)18-13-16(23)2-4-19(18)25-21(22)28/h2-5,12-14H,6-11H2,1H3,(H,25,28). The fourth-order valence-corrected chi connectivity index (χ4v) is 4.74. The second kappa shape index (κ2) is 7.04. The van der Waals surface area contributed by atoms with E-state index in [4.69, 9.17) is 16.3 Å². The first-order valence-corrected chi connectivity index (χ1v) is 10.3. The van der Waals surface area contributed by atoms with Gasteiger partial charge in [0.05, 0.1) is 17.1 Å². The number of hydrogen-bond acceptors (Lipinski definition) is 4. The molecule has 0 radical (unpaired) electrons. The summed E-state index contributed by atoms with van der Waals surface area (Å²) in [4.78, 5) is 15.1. The molecule has 6 nitrogen and oxygen atoms in total. The van der Waals surface area contributed by atoms with Crippen LogP contribution in [0.5, 0.6) is 5.75 Å². The van der Waals surface area contributed by atoms with E-state index in [2.05, 4.69) is 15.3 Å². The zero-order valence-electron chi connectivity index (χ0n) is 16.3. The lowest BCUT2D eigenvalue weighted by atomic mass is 9.73. The number of aromatic nitrogens is 2. The van der Waals surface area contributed by atoms with Gasteiger partial charge >= 0.3 is 0 Å². The Hall–Kier alpha value is -2.57. The number of anilines is 1. The van der Waals surface area contributed by atoms with Crippen LogP contribution >= 0.6 is 11.6 Å². The number of nitrogens with one attached hydrogen (secondary N) is 1. The Kier molecular flexibility index (Phi) is 4.48. The van der Waals surface area contributed by atoms with Crippen LogP contribution in [0, 0.1) is 0 Å². The van der Waals surface area contributed by atoms with Crippen LogP contribution in [-0.2, 0) is 17.3 Å². The number of benzene rings is 2. The number of halogens is 1. The number of fused-ring (bicyclic) bond motifs is 3. The van der Waals surface area contributed by atoms with Crippen molar-refractivity contribution in [2.24, 2.45) is 7.05 Å². The van der Waals surface area contributed by atoms with Gasteiger partial charge in [0.15, 0.2) is 0 Å². The quantitative estimate of drug-likeness (QED) is 0.714. The van der Waals surface area contributed by atoms with Crippen molar-refractivity contribution in [3.63, 3.8) is 0 Å². The molecule has 0 atom stereocenters. The maximum Gasteiger partial charge on any atom is 0.235 e. The van der Waals surface area contributed by atoms with Crippen LogP contribution in [0.4, 0.5) is 5.69 Å². The summed E-state index contributed by atoms with van der Waals surface area (Å²) < 4.78 is 7.82. The molecule has 3 heterocycles. The van der Waals surface area contributed by atoms with Gasteiger partial charge in [0.25, 0.3) is 0 Å². The third kappa shape index (κ3) is 3.16. The number of aryl methyl sites for hydroxylation is 1. The number of rotatable bonds is 4. The summed E-state index contributed by atoms with van der Waals surface area (Å²) in [7, 11) is 1.93. The SMILES string of the molecule is Cn1ncc2cc(OCCN3CCC4(CC3)C(=O)Nc3ccc(Cl)cc34)ccc21. The van der Waals surface area contributed by atoms with Gasteiger partial charge in [-0.05, 0) is 67.9 Å². The van der Waals surface area contributed by atoms with Crippen molar-refractivity contribution in [3.05, 3.63) is 53.2 Å². The number of carbonyl (C=O) groups is 1. The van der Waals surface area contributed by atoms with E-state index in [1.165, 1.54) is 0 Å². The van der Waals surface area contributed by atoms with Crippen LogP contribution < -0.4 is 10.1 Å². The molecule has 1 amide bonds. The van der Waals surface area contributed by atoms with Crippen molar-refractivity contribution >= 4 is 34.1 Å². The van der Waals surface area contributed by atoms with Crippen molar-refractivity contribution in [2.75, 3.05) is 31.6 Å². The van der Waals surface area contributed by atoms with Crippen molar-refractivity contribution in [2.45, 2.75) is 18.3 Å². The molecule has 0 unspecified atom stereocenters. The van der Waals surface area contributed by atoms with Gasteiger partial charge in [-0.3, -0.25) is 14.4 Å². The molecule has 0 saturated carbocycles. The fraction of sp³-hybridized carbons (Fsp3) is 0.364. The summed E-state index contributed by atoms with van der Waals surface area (Å²) in [5.74, 6) is 0.966. The lowest BCUT2D eigenvalue weighted by Gasteiger charge is -2.37. The van der Waals surface area contributed by atoms with Crippen LogP contribution in [0.1, 0.15) is 18.4 Å². The van der Waals surface area contributed by atoms with Crippen LogP contribution in [-0.4, -0.2) is 46.8 Å². The molecule has 2 aromatic carbocycles. The summed E-state index contributed by atoms with van der Waals surface area (Å²) in [5.41, 5.74) is 2.61. The third-order valence-corrected chi connectivity index (χ3v) is 6.52. The minimum atomic E-state index is -0.442. The maximum absolute atomic E-state index is 12.7. The molecule has 3 aromatic rings. The summed E-state index contributed by atoms with van der Waals surface area (Å²) in [6.07, 6.45) is 3.45. The molecule has 29 heavy (non-hydrogen) atoms. The predicted octanol–water partition coefficient (Wildman–Crippen LogP) is 3.59. The number of amides is 1. The first-order chi connectivity index (χ1) is 14.0. The Balaban J connectivity index is 1.19. The van der Waals surface area contributed by atoms with Gasteiger partial charge in [0, 0.05) is 29.7 Å². The Morgan fingerprint density at radius 3 is 2.86 bits per heavy atom. The Bertz CT molecular complexity index is 1090. The van der Waals surface area contributed by atoms with E-state index in [9.17, 15) is 4.79 Å². The molecule has 1 spiro atoms. The highest BCUT2D eigenvalue weighted by atomic mass is 35.5. The molecule has 1 saturated heterocycles. The van der Waals surface area contributed by atoms with E-state index in [0.29, 0.717) is 11.6 Å². The normalized spacial score (nSPS) is 18.2. The van der Waals surface area contributed by atoms with Gasteiger partial charge in [-0.15, -0.1) is 0 Å². The highest BCUT2D eigenvalue weighted by Crippen LogP contribution is 2.45. The smallest absolute Gasteiger partial charge is 0.235 e. The van der Waals surface area contributed by atoms with E-state index in [1.54, 1.807) is 0 Å². The zero-order chi connectivity index (χ0) is 20.0. The van der Waals surface area contributed by atoms with E-state index < -0.39 is 5.41 Å². The van der Waals surface area contributed by atoms with Crippen molar-refractivity contribution < 1.29 is 9.53 Å². The number of nitrogens with zero attached hydrogens (tertiary/aromatic N) is 3. The lowest BCUT2D eigenvalue weighted by molar-refractivity contribution is -0.122. The van der Waals surface area contributed by atoms with Gasteiger partial charge in [0.1, 0.15) is 12.4 Å². The molecule has 0 bridgehead atoms. The highest BCUT2D eigenvalue weighted by molar-refractivity contribution is 6.31. The van der Waals surface area contributed by atoms with E-state index >= 15 is 0 Å². The summed E-state index contributed by atoms with van der Waals surface area (Å²) in [6, 6.07) is 11.7. The minimum absolute atomic E-state index is 0.107. The topological polar surface area (TPSA) is 59.4 Å². The van der Waals surface area contributed by atoms with Crippen LogP contribution in [0.25, 0.3) is 10.9 Å². The Morgan fingerprint density at radius 1 is 1.21 bits per heavy atom. The Morgan fingerprint density at radius 2 is 2.03 bits per heavy atom. The molecule has 7 heteroatoms. The van der Waals surface area contributed by atoms with Crippen LogP contribution in [0.3, 0.4) is 0 Å². The number of ether oxygens (including phenoxy) is 1. The number of likely N-dealkylation sites (tertiary alicyclic amines) is 1. The molecule has 1 fully saturated rings. The van der Waals surface area contributed by atoms with Gasteiger partial charge in [0.2, 0.25) is 5.91 Å². The van der Waals surface area contributed by atoms with Crippen LogP contribution in [0.15, 0.2) is 42.6 Å². The van der Waals surface area contributed by atoms with Crippen molar-refractivity contribution in [3.8, 4) is 5.75 Å². The number of piperidine rings is 1. The molecule has 150 valence electrons. The first kappa shape index (κ1) is 18.5. The second-order valence-electron chi connectivity index (χ2n) is 7.91. The molecular formula is C22H23ClN4O2. The number of hydrogen-bond donors (Lipinski definition) is 1. The van der Waals surface area contributed by atoms with Gasteiger partial charge in [-0.25, -0.2) is 0 Å². The van der Waals surface area contributed by atoms with Gasteiger partial charge < -0.3 is 10.1 Å². The fourth-order valence-electron chi connectivity index (χ4n) is 4.56.